The fourth-order valence-corrected chi connectivity index (χ4v) is 4.75. The van der Waals surface area contributed by atoms with Crippen LogP contribution in [-0.4, -0.2) is 30.4 Å². The van der Waals surface area contributed by atoms with E-state index in [2.05, 4.69) is 20.8 Å². The van der Waals surface area contributed by atoms with Crippen molar-refractivity contribution in [3.05, 3.63) is 59.2 Å². The van der Waals surface area contributed by atoms with Gasteiger partial charge in [-0.15, -0.1) is 0 Å². The van der Waals surface area contributed by atoms with Crippen molar-refractivity contribution in [2.24, 2.45) is 11.3 Å². The molecule has 0 aromatic heterocycles. The van der Waals surface area contributed by atoms with Crippen LogP contribution in [0.4, 0.5) is 0 Å². The van der Waals surface area contributed by atoms with Gasteiger partial charge in [0, 0.05) is 6.61 Å². The molecular formula is C30H42O4. The van der Waals surface area contributed by atoms with Crippen LogP contribution in [0.5, 0.6) is 0 Å². The summed E-state index contributed by atoms with van der Waals surface area (Å²) in [5.41, 5.74) is 4.33. The van der Waals surface area contributed by atoms with Crippen molar-refractivity contribution in [3.8, 4) is 11.1 Å². The van der Waals surface area contributed by atoms with E-state index in [9.17, 15) is 9.90 Å². The van der Waals surface area contributed by atoms with Gasteiger partial charge in [0.2, 0.25) is 0 Å². The van der Waals surface area contributed by atoms with Crippen LogP contribution in [0.15, 0.2) is 42.5 Å². The van der Waals surface area contributed by atoms with Gasteiger partial charge in [0.15, 0.2) is 0 Å². The first-order valence-corrected chi connectivity index (χ1v) is 12.8. The zero-order valence-corrected chi connectivity index (χ0v) is 21.4. The van der Waals surface area contributed by atoms with Gasteiger partial charge in [0.25, 0.3) is 0 Å². The minimum atomic E-state index is -0.909. The second-order valence-corrected chi connectivity index (χ2v) is 11.1. The van der Waals surface area contributed by atoms with Crippen molar-refractivity contribution >= 4 is 5.97 Å². The summed E-state index contributed by atoms with van der Waals surface area (Å²) in [5.74, 6) is -0.199. The predicted molar refractivity (Wildman–Crippen MR) is 138 cm³/mol. The van der Waals surface area contributed by atoms with Crippen LogP contribution in [0.2, 0.25) is 0 Å². The number of carbonyl (C=O) groups is 1. The van der Waals surface area contributed by atoms with Gasteiger partial charge in [-0.25, -0.2) is 4.79 Å². The van der Waals surface area contributed by atoms with Gasteiger partial charge in [-0.2, -0.15) is 0 Å². The molecule has 1 fully saturated rings. The molecule has 3 rings (SSSR count). The third kappa shape index (κ3) is 8.25. The summed E-state index contributed by atoms with van der Waals surface area (Å²) in [5, 5.41) is 9.74. The molecule has 1 aliphatic rings. The van der Waals surface area contributed by atoms with Gasteiger partial charge in [0.1, 0.15) is 0 Å². The Labute approximate surface area is 205 Å². The van der Waals surface area contributed by atoms with E-state index < -0.39 is 5.97 Å². The SMILES string of the molecule is Cc1ccccc1-c1cc(COC(COCCC(C)(C)C)CC2CCCCC2)ccc1C(=O)O. The molecular weight excluding hydrogens is 424 g/mol. The monoisotopic (exact) mass is 466 g/mol. The van der Waals surface area contributed by atoms with Gasteiger partial charge in [0.05, 0.1) is 24.9 Å². The van der Waals surface area contributed by atoms with E-state index in [-0.39, 0.29) is 11.5 Å². The molecule has 1 aliphatic carbocycles. The first kappa shape index (κ1) is 26.4. The van der Waals surface area contributed by atoms with Crippen LogP contribution < -0.4 is 0 Å². The van der Waals surface area contributed by atoms with Crippen molar-refractivity contribution < 1.29 is 19.4 Å². The van der Waals surface area contributed by atoms with Crippen molar-refractivity contribution in [2.75, 3.05) is 13.2 Å². The van der Waals surface area contributed by atoms with E-state index in [1.807, 2.05) is 43.3 Å². The number of hydrogen-bond donors (Lipinski definition) is 1. The van der Waals surface area contributed by atoms with E-state index in [1.165, 1.54) is 32.1 Å². The summed E-state index contributed by atoms with van der Waals surface area (Å²) in [6.07, 6.45) is 8.68. The van der Waals surface area contributed by atoms with Crippen molar-refractivity contribution in [1.29, 1.82) is 0 Å². The Kier molecular flexibility index (Phi) is 9.73. The molecule has 0 amide bonds. The molecule has 1 unspecified atom stereocenters. The summed E-state index contributed by atoms with van der Waals surface area (Å²) in [7, 11) is 0. The lowest BCUT2D eigenvalue weighted by Gasteiger charge is -2.27. The quantitative estimate of drug-likeness (QED) is 0.345. The molecule has 34 heavy (non-hydrogen) atoms. The van der Waals surface area contributed by atoms with Crippen molar-refractivity contribution in [1.82, 2.24) is 0 Å². The second-order valence-electron chi connectivity index (χ2n) is 11.1. The fourth-order valence-electron chi connectivity index (χ4n) is 4.75. The Morgan fingerprint density at radius 3 is 2.47 bits per heavy atom. The molecule has 0 heterocycles. The lowest BCUT2D eigenvalue weighted by atomic mass is 9.85. The number of carboxylic acids is 1. The molecule has 1 atom stereocenters. The molecule has 2 aromatic carbocycles. The van der Waals surface area contributed by atoms with Gasteiger partial charge in [-0.05, 0) is 65.5 Å². The van der Waals surface area contributed by atoms with Crippen LogP contribution in [0.25, 0.3) is 11.1 Å². The Morgan fingerprint density at radius 2 is 1.79 bits per heavy atom. The maximum absolute atomic E-state index is 11.9. The third-order valence-corrected chi connectivity index (χ3v) is 6.86. The van der Waals surface area contributed by atoms with Crippen molar-refractivity contribution in [3.63, 3.8) is 0 Å². The number of aryl methyl sites for hydroxylation is 1. The minimum Gasteiger partial charge on any atom is -0.478 e. The molecule has 1 saturated carbocycles. The Hall–Kier alpha value is -2.17. The molecule has 4 heteroatoms. The van der Waals surface area contributed by atoms with Crippen molar-refractivity contribution in [2.45, 2.75) is 85.4 Å². The lowest BCUT2D eigenvalue weighted by Crippen LogP contribution is -2.25. The second kappa shape index (κ2) is 12.5. The Morgan fingerprint density at radius 1 is 1.06 bits per heavy atom. The van der Waals surface area contributed by atoms with E-state index in [4.69, 9.17) is 9.47 Å². The maximum Gasteiger partial charge on any atom is 0.336 e. The van der Waals surface area contributed by atoms with E-state index in [0.29, 0.717) is 24.7 Å². The summed E-state index contributed by atoms with van der Waals surface area (Å²) < 4.78 is 12.5. The average molecular weight is 467 g/mol. The number of ether oxygens (including phenoxy) is 2. The van der Waals surface area contributed by atoms with Crippen LogP contribution in [0.3, 0.4) is 0 Å². The zero-order valence-electron chi connectivity index (χ0n) is 21.4. The highest BCUT2D eigenvalue weighted by atomic mass is 16.5. The highest BCUT2D eigenvalue weighted by molar-refractivity contribution is 5.96. The smallest absolute Gasteiger partial charge is 0.336 e. The molecule has 0 spiro atoms. The molecule has 2 aromatic rings. The third-order valence-electron chi connectivity index (χ3n) is 6.86. The number of hydrogen-bond acceptors (Lipinski definition) is 3. The summed E-state index contributed by atoms with van der Waals surface area (Å²) in [6, 6.07) is 13.5. The van der Waals surface area contributed by atoms with E-state index in [1.54, 1.807) is 6.07 Å². The number of carboxylic acid groups (broad SMARTS) is 1. The van der Waals surface area contributed by atoms with Crippen LogP contribution in [-0.2, 0) is 16.1 Å². The minimum absolute atomic E-state index is 0.0594. The van der Waals surface area contributed by atoms with E-state index >= 15 is 0 Å². The van der Waals surface area contributed by atoms with Gasteiger partial charge < -0.3 is 14.6 Å². The summed E-state index contributed by atoms with van der Waals surface area (Å²) >= 11 is 0. The number of aromatic carboxylic acids is 1. The van der Waals surface area contributed by atoms with E-state index in [0.717, 1.165) is 41.7 Å². The number of benzene rings is 2. The van der Waals surface area contributed by atoms with Crippen LogP contribution >= 0.6 is 0 Å². The predicted octanol–water partition coefficient (Wildman–Crippen LogP) is 7.67. The molecule has 0 saturated heterocycles. The highest BCUT2D eigenvalue weighted by Crippen LogP contribution is 2.30. The molecule has 0 aliphatic heterocycles. The first-order chi connectivity index (χ1) is 16.2. The average Bonchev–Trinajstić information content (AvgIpc) is 2.80. The zero-order chi connectivity index (χ0) is 24.6. The Bertz CT molecular complexity index is 922. The molecule has 4 nitrogen and oxygen atoms in total. The first-order valence-electron chi connectivity index (χ1n) is 12.8. The van der Waals surface area contributed by atoms with Gasteiger partial charge >= 0.3 is 5.97 Å². The molecule has 0 radical (unpaired) electrons. The highest BCUT2D eigenvalue weighted by Gasteiger charge is 2.21. The molecule has 0 bridgehead atoms. The lowest BCUT2D eigenvalue weighted by molar-refractivity contribution is -0.0416. The van der Waals surface area contributed by atoms with Crippen LogP contribution in [0.1, 0.15) is 87.2 Å². The topological polar surface area (TPSA) is 55.8 Å². The normalized spacial score (nSPS) is 15.9. The molecule has 186 valence electrons. The maximum atomic E-state index is 11.9. The summed E-state index contributed by atoms with van der Waals surface area (Å²) in [6.45, 7) is 10.5. The Balaban J connectivity index is 1.70. The van der Waals surface area contributed by atoms with Gasteiger partial charge in [-0.1, -0.05) is 83.2 Å². The number of rotatable bonds is 11. The molecule has 1 N–H and O–H groups in total. The van der Waals surface area contributed by atoms with Gasteiger partial charge in [-0.3, -0.25) is 0 Å². The fraction of sp³-hybridized carbons (Fsp3) is 0.567. The van der Waals surface area contributed by atoms with Crippen LogP contribution in [0, 0.1) is 18.3 Å². The standard InChI is InChI=1S/C30H42O4/c1-22-10-8-9-13-26(22)28-19-24(14-15-27(28)29(31)32)20-34-25(18-23-11-6-5-7-12-23)21-33-17-16-30(2,3)4/h8-10,13-15,19,23,25H,5-7,11-12,16-18,20-21H2,1-4H3,(H,31,32). The largest absolute Gasteiger partial charge is 0.478 e. The summed E-state index contributed by atoms with van der Waals surface area (Å²) in [4.78, 5) is 11.9.